The molecule has 0 radical (unpaired) electrons. The van der Waals surface area contributed by atoms with Crippen molar-refractivity contribution in [1.82, 2.24) is 34.7 Å². The molecule has 3 heterocycles. The van der Waals surface area contributed by atoms with Gasteiger partial charge in [-0.25, -0.2) is 0 Å². The zero-order chi connectivity index (χ0) is 17.2. The van der Waals surface area contributed by atoms with E-state index < -0.39 is 0 Å². The first-order chi connectivity index (χ1) is 12.2. The second-order valence-electron chi connectivity index (χ2n) is 6.34. The number of hydrogen-bond acceptors (Lipinski definition) is 6. The number of benzene rings is 1. The number of aryl methyl sites for hydroxylation is 1. The Morgan fingerprint density at radius 3 is 2.72 bits per heavy atom. The van der Waals surface area contributed by atoms with E-state index in [0.717, 1.165) is 30.3 Å². The number of aromatic nitrogens is 6. The molecule has 1 saturated heterocycles. The zero-order valence-electron chi connectivity index (χ0n) is 14.4. The van der Waals surface area contributed by atoms with Gasteiger partial charge in [0.1, 0.15) is 6.33 Å². The van der Waals surface area contributed by atoms with E-state index >= 15 is 0 Å². The summed E-state index contributed by atoms with van der Waals surface area (Å²) in [6, 6.07) is 10.1. The van der Waals surface area contributed by atoms with Crippen molar-refractivity contribution in [2.45, 2.75) is 18.6 Å². The zero-order valence-corrected chi connectivity index (χ0v) is 14.4. The second-order valence-corrected chi connectivity index (χ2v) is 6.34. The molecule has 1 fully saturated rings. The van der Waals surface area contributed by atoms with Crippen molar-refractivity contribution in [3.05, 3.63) is 54.4 Å². The van der Waals surface area contributed by atoms with Crippen LogP contribution in [0.25, 0.3) is 5.69 Å². The summed E-state index contributed by atoms with van der Waals surface area (Å²) in [6.45, 7) is 2.41. The maximum Gasteiger partial charge on any atom is 0.151 e. The highest BCUT2D eigenvalue weighted by molar-refractivity contribution is 5.32. The lowest BCUT2D eigenvalue weighted by atomic mass is 10.0. The average Bonchev–Trinajstić information content (AvgIpc) is 3.35. The van der Waals surface area contributed by atoms with Crippen LogP contribution < -0.4 is 0 Å². The van der Waals surface area contributed by atoms with Gasteiger partial charge in [-0.3, -0.25) is 14.1 Å². The summed E-state index contributed by atoms with van der Waals surface area (Å²) in [5.41, 5.74) is 2.04. The van der Waals surface area contributed by atoms with Crippen LogP contribution >= 0.6 is 0 Å². The van der Waals surface area contributed by atoms with E-state index in [0.29, 0.717) is 6.54 Å². The molecule has 0 N–H and O–H groups in total. The van der Waals surface area contributed by atoms with Gasteiger partial charge in [-0.1, -0.05) is 23.4 Å². The predicted molar refractivity (Wildman–Crippen MR) is 91.2 cm³/mol. The molecule has 1 aliphatic rings. The molecule has 2 atom stereocenters. The Balaban J connectivity index is 1.52. The van der Waals surface area contributed by atoms with Crippen LogP contribution in [0.2, 0.25) is 0 Å². The molecule has 0 saturated carbocycles. The molecule has 4 rings (SSSR count). The number of nitrogens with zero attached hydrogens (tertiary/aromatic N) is 7. The first-order valence-electron chi connectivity index (χ1n) is 8.30. The maximum absolute atomic E-state index is 5.69. The first-order valence-corrected chi connectivity index (χ1v) is 8.30. The Kier molecular flexibility index (Phi) is 4.29. The molecule has 0 spiro atoms. The van der Waals surface area contributed by atoms with Crippen LogP contribution in [-0.4, -0.2) is 61.0 Å². The molecular weight excluding hydrogens is 318 g/mol. The van der Waals surface area contributed by atoms with Crippen molar-refractivity contribution in [3.63, 3.8) is 0 Å². The summed E-state index contributed by atoms with van der Waals surface area (Å²) in [6.07, 6.45) is 3.83. The molecule has 1 aromatic carbocycles. The van der Waals surface area contributed by atoms with E-state index in [2.05, 4.69) is 37.5 Å². The fourth-order valence-electron chi connectivity index (χ4n) is 3.41. The predicted octanol–water partition coefficient (Wildman–Crippen LogP) is 1.01. The molecule has 0 unspecified atom stereocenters. The normalized spacial score (nSPS) is 21.0. The molecule has 0 amide bonds. The molecule has 130 valence electrons. The van der Waals surface area contributed by atoms with Gasteiger partial charge in [-0.05, 0) is 12.1 Å². The summed E-state index contributed by atoms with van der Waals surface area (Å²) in [7, 11) is 3.64. The van der Waals surface area contributed by atoms with Crippen LogP contribution in [0, 0.1) is 0 Å². The third-order valence-electron chi connectivity index (χ3n) is 4.66. The van der Waals surface area contributed by atoms with Gasteiger partial charge in [0.05, 0.1) is 18.3 Å². The minimum absolute atomic E-state index is 0.102. The van der Waals surface area contributed by atoms with E-state index in [1.807, 2.05) is 36.0 Å². The topological polar surface area (TPSA) is 73.9 Å². The highest BCUT2D eigenvalue weighted by Gasteiger charge is 2.36. The summed E-state index contributed by atoms with van der Waals surface area (Å²) in [5, 5.41) is 16.7. The van der Waals surface area contributed by atoms with E-state index in [-0.39, 0.29) is 12.0 Å². The molecule has 2 aromatic heterocycles. The van der Waals surface area contributed by atoms with Gasteiger partial charge in [0, 0.05) is 45.0 Å². The van der Waals surface area contributed by atoms with Crippen LogP contribution in [0.4, 0.5) is 0 Å². The van der Waals surface area contributed by atoms with E-state index in [1.165, 1.54) is 0 Å². The highest BCUT2D eigenvalue weighted by atomic mass is 16.5. The number of rotatable bonds is 5. The molecular formula is C17H21N7O. The Morgan fingerprint density at radius 1 is 1.16 bits per heavy atom. The minimum atomic E-state index is 0.102. The maximum atomic E-state index is 5.69. The van der Waals surface area contributed by atoms with Gasteiger partial charge in [0.15, 0.2) is 5.82 Å². The summed E-state index contributed by atoms with van der Waals surface area (Å²) >= 11 is 0. The van der Waals surface area contributed by atoms with Gasteiger partial charge < -0.3 is 4.74 Å². The van der Waals surface area contributed by atoms with Crippen molar-refractivity contribution >= 4 is 0 Å². The SMILES string of the molecule is CO[C@@H]1CN(Cc2nncn2-c2ccccc2)C[C@H]1c1cn(C)nn1. The van der Waals surface area contributed by atoms with Gasteiger partial charge in [-0.15, -0.1) is 15.3 Å². The fourth-order valence-corrected chi connectivity index (χ4v) is 3.41. The van der Waals surface area contributed by atoms with Crippen LogP contribution in [0.1, 0.15) is 17.4 Å². The van der Waals surface area contributed by atoms with Crippen molar-refractivity contribution in [2.75, 3.05) is 20.2 Å². The minimum Gasteiger partial charge on any atom is -0.379 e. The lowest BCUT2D eigenvalue weighted by molar-refractivity contribution is 0.0954. The summed E-state index contributed by atoms with van der Waals surface area (Å²) < 4.78 is 9.45. The number of likely N-dealkylation sites (tertiary alicyclic amines) is 1. The quantitative estimate of drug-likeness (QED) is 0.691. The van der Waals surface area contributed by atoms with Crippen molar-refractivity contribution in [3.8, 4) is 5.69 Å². The van der Waals surface area contributed by atoms with Gasteiger partial charge in [-0.2, -0.15) is 0 Å². The Labute approximate surface area is 146 Å². The highest BCUT2D eigenvalue weighted by Crippen LogP contribution is 2.29. The summed E-state index contributed by atoms with van der Waals surface area (Å²) in [5.74, 6) is 1.13. The Morgan fingerprint density at radius 2 is 2.00 bits per heavy atom. The molecule has 8 heteroatoms. The summed E-state index contributed by atoms with van der Waals surface area (Å²) in [4.78, 5) is 2.33. The number of methoxy groups -OCH3 is 1. The average molecular weight is 339 g/mol. The third-order valence-corrected chi connectivity index (χ3v) is 4.66. The number of para-hydroxylation sites is 1. The molecule has 1 aliphatic heterocycles. The Bertz CT molecular complexity index is 828. The van der Waals surface area contributed by atoms with Crippen LogP contribution in [0.5, 0.6) is 0 Å². The fraction of sp³-hybridized carbons (Fsp3) is 0.412. The van der Waals surface area contributed by atoms with Gasteiger partial charge >= 0.3 is 0 Å². The standard InChI is InChI=1S/C17H21N7O/c1-22-9-15(19-21-22)14-8-23(10-16(14)25-2)11-17-20-18-12-24(17)13-6-4-3-5-7-13/h3-7,9,12,14,16H,8,10-11H2,1-2H3/t14-,16+/m0/s1. The molecule has 3 aromatic rings. The van der Waals surface area contributed by atoms with Crippen molar-refractivity contribution in [2.24, 2.45) is 7.05 Å². The van der Waals surface area contributed by atoms with Gasteiger partial charge in [0.25, 0.3) is 0 Å². The molecule has 8 nitrogen and oxygen atoms in total. The number of hydrogen-bond donors (Lipinski definition) is 0. The molecule has 0 aliphatic carbocycles. The second kappa shape index (κ2) is 6.73. The van der Waals surface area contributed by atoms with Crippen LogP contribution in [0.3, 0.4) is 0 Å². The van der Waals surface area contributed by atoms with E-state index in [1.54, 1.807) is 18.1 Å². The largest absolute Gasteiger partial charge is 0.379 e. The van der Waals surface area contributed by atoms with Gasteiger partial charge in [0.2, 0.25) is 0 Å². The molecule has 25 heavy (non-hydrogen) atoms. The smallest absolute Gasteiger partial charge is 0.151 e. The third kappa shape index (κ3) is 3.18. The lowest BCUT2D eigenvalue weighted by Gasteiger charge is -2.15. The van der Waals surface area contributed by atoms with E-state index in [4.69, 9.17) is 4.74 Å². The van der Waals surface area contributed by atoms with E-state index in [9.17, 15) is 0 Å². The lowest BCUT2D eigenvalue weighted by Crippen LogP contribution is -2.24. The monoisotopic (exact) mass is 339 g/mol. The van der Waals surface area contributed by atoms with Crippen molar-refractivity contribution in [1.29, 1.82) is 0 Å². The Hall–Kier alpha value is -2.58. The molecule has 0 bridgehead atoms. The van der Waals surface area contributed by atoms with Crippen LogP contribution in [0.15, 0.2) is 42.9 Å². The first kappa shape index (κ1) is 15.9. The number of ether oxygens (including phenoxy) is 1. The van der Waals surface area contributed by atoms with Crippen molar-refractivity contribution < 1.29 is 4.74 Å². The van der Waals surface area contributed by atoms with Crippen LogP contribution in [-0.2, 0) is 18.3 Å².